The third-order valence-corrected chi connectivity index (χ3v) is 4.65. The third-order valence-electron chi connectivity index (χ3n) is 3.89. The van der Waals surface area contributed by atoms with Gasteiger partial charge in [-0.05, 0) is 22.9 Å². The highest BCUT2D eigenvalue weighted by atomic mass is 32.1. The van der Waals surface area contributed by atoms with Gasteiger partial charge in [0.05, 0.1) is 5.69 Å². The minimum atomic E-state index is -0.192. The Bertz CT molecular complexity index is 1020. The fourth-order valence-electron chi connectivity index (χ4n) is 2.68. The second kappa shape index (κ2) is 6.75. The average Bonchev–Trinajstić information content (AvgIpc) is 3.15. The zero-order valence-corrected chi connectivity index (χ0v) is 14.1. The van der Waals surface area contributed by atoms with Crippen molar-refractivity contribution in [2.45, 2.75) is 0 Å². The number of nitrogens with zero attached hydrogens (tertiary/aromatic N) is 1. The van der Waals surface area contributed by atoms with Crippen LogP contribution in [0.15, 0.2) is 78.2 Å². The molecule has 0 spiro atoms. The summed E-state index contributed by atoms with van der Waals surface area (Å²) in [6.07, 6.45) is 0. The first kappa shape index (κ1) is 15.4. The number of thiazole rings is 1. The second-order valence-corrected chi connectivity index (χ2v) is 6.37. The average molecular weight is 345 g/mol. The molecular weight excluding hydrogens is 330 g/mol. The Morgan fingerprint density at radius 3 is 2.52 bits per heavy atom. The largest absolute Gasteiger partial charge is 0.273 e. The number of nitrogens with one attached hydrogen (secondary N) is 2. The number of benzene rings is 3. The van der Waals surface area contributed by atoms with Crippen LogP contribution in [0.2, 0.25) is 0 Å². The summed E-state index contributed by atoms with van der Waals surface area (Å²) in [5.74, 6) is -0.192. The quantitative estimate of drug-likeness (QED) is 0.526. The molecular formula is C20H15N3OS. The molecule has 3 aromatic carbocycles. The van der Waals surface area contributed by atoms with Crippen LogP contribution in [0.1, 0.15) is 10.4 Å². The fourth-order valence-corrected chi connectivity index (χ4v) is 3.34. The highest BCUT2D eigenvalue weighted by molar-refractivity contribution is 7.14. The summed E-state index contributed by atoms with van der Waals surface area (Å²) in [6.45, 7) is 0. The van der Waals surface area contributed by atoms with Gasteiger partial charge in [-0.1, -0.05) is 60.7 Å². The lowest BCUT2D eigenvalue weighted by Gasteiger charge is -2.05. The van der Waals surface area contributed by atoms with Crippen LogP contribution in [0.3, 0.4) is 0 Å². The van der Waals surface area contributed by atoms with E-state index in [1.54, 1.807) is 12.1 Å². The van der Waals surface area contributed by atoms with E-state index in [2.05, 4.69) is 40.1 Å². The second-order valence-electron chi connectivity index (χ2n) is 5.51. The van der Waals surface area contributed by atoms with Crippen LogP contribution in [-0.2, 0) is 0 Å². The van der Waals surface area contributed by atoms with Crippen molar-refractivity contribution in [1.29, 1.82) is 0 Å². The number of rotatable bonds is 4. The van der Waals surface area contributed by atoms with E-state index in [9.17, 15) is 4.79 Å². The standard InChI is InChI=1S/C20H15N3OS/c24-19(15-8-2-1-3-9-15)22-23-20-21-18(13-25-20)17-12-6-10-14-7-4-5-11-16(14)17/h1-13H,(H,21,23)(H,22,24). The molecule has 0 fully saturated rings. The maximum absolute atomic E-state index is 12.1. The molecule has 122 valence electrons. The first-order chi connectivity index (χ1) is 12.3. The number of aromatic nitrogens is 1. The predicted molar refractivity (Wildman–Crippen MR) is 103 cm³/mol. The summed E-state index contributed by atoms with van der Waals surface area (Å²) in [5.41, 5.74) is 8.13. The van der Waals surface area contributed by atoms with Crippen molar-refractivity contribution in [3.05, 3.63) is 83.7 Å². The third kappa shape index (κ3) is 3.22. The summed E-state index contributed by atoms with van der Waals surface area (Å²) in [6, 6.07) is 23.5. The SMILES string of the molecule is O=C(NNc1nc(-c2cccc3ccccc23)cs1)c1ccccc1. The smallest absolute Gasteiger partial charge is 0.269 e. The van der Waals surface area contributed by atoms with E-state index in [-0.39, 0.29) is 5.91 Å². The van der Waals surface area contributed by atoms with E-state index in [1.165, 1.54) is 16.7 Å². The summed E-state index contributed by atoms with van der Waals surface area (Å²) >= 11 is 1.45. The van der Waals surface area contributed by atoms with Gasteiger partial charge in [-0.15, -0.1) is 11.3 Å². The minimum Gasteiger partial charge on any atom is -0.273 e. The molecule has 25 heavy (non-hydrogen) atoms. The van der Waals surface area contributed by atoms with E-state index in [0.717, 1.165) is 16.6 Å². The summed E-state index contributed by atoms with van der Waals surface area (Å²) in [7, 11) is 0. The zero-order chi connectivity index (χ0) is 17.1. The fraction of sp³-hybridized carbons (Fsp3) is 0. The Labute approximate surface area is 149 Å². The molecule has 4 aromatic rings. The Kier molecular flexibility index (Phi) is 4.14. The monoisotopic (exact) mass is 345 g/mol. The van der Waals surface area contributed by atoms with Crippen LogP contribution >= 0.6 is 11.3 Å². The van der Waals surface area contributed by atoms with Gasteiger partial charge in [0.15, 0.2) is 0 Å². The van der Waals surface area contributed by atoms with E-state index < -0.39 is 0 Å². The highest BCUT2D eigenvalue weighted by Gasteiger charge is 2.09. The van der Waals surface area contributed by atoms with Crippen LogP contribution in [-0.4, -0.2) is 10.9 Å². The predicted octanol–water partition coefficient (Wildman–Crippen LogP) is 4.72. The maximum atomic E-state index is 12.1. The normalized spacial score (nSPS) is 10.6. The van der Waals surface area contributed by atoms with Crippen LogP contribution in [0.5, 0.6) is 0 Å². The van der Waals surface area contributed by atoms with Crippen molar-refractivity contribution in [1.82, 2.24) is 10.4 Å². The topological polar surface area (TPSA) is 54.0 Å². The molecule has 1 aromatic heterocycles. The van der Waals surface area contributed by atoms with Gasteiger partial charge < -0.3 is 0 Å². The Hall–Kier alpha value is -3.18. The number of hydrogen-bond acceptors (Lipinski definition) is 4. The van der Waals surface area contributed by atoms with Gasteiger partial charge in [0.2, 0.25) is 5.13 Å². The lowest BCUT2D eigenvalue weighted by Crippen LogP contribution is -2.29. The molecule has 4 nitrogen and oxygen atoms in total. The van der Waals surface area contributed by atoms with Crippen molar-refractivity contribution < 1.29 is 4.79 Å². The van der Waals surface area contributed by atoms with Gasteiger partial charge in [0.1, 0.15) is 0 Å². The van der Waals surface area contributed by atoms with Crippen molar-refractivity contribution in [2.75, 3.05) is 5.43 Å². The van der Waals surface area contributed by atoms with Crippen molar-refractivity contribution in [2.24, 2.45) is 0 Å². The highest BCUT2D eigenvalue weighted by Crippen LogP contribution is 2.30. The van der Waals surface area contributed by atoms with Gasteiger partial charge in [-0.2, -0.15) is 0 Å². The summed E-state index contributed by atoms with van der Waals surface area (Å²) in [5, 5.41) is 4.97. The first-order valence-corrected chi connectivity index (χ1v) is 8.74. The number of fused-ring (bicyclic) bond motifs is 1. The number of hydrogen-bond donors (Lipinski definition) is 2. The van der Waals surface area contributed by atoms with Gasteiger partial charge in [-0.25, -0.2) is 4.98 Å². The van der Waals surface area contributed by atoms with Crippen molar-refractivity contribution >= 4 is 33.1 Å². The van der Waals surface area contributed by atoms with Crippen LogP contribution in [0, 0.1) is 0 Å². The van der Waals surface area contributed by atoms with E-state index in [0.29, 0.717) is 10.7 Å². The Morgan fingerprint density at radius 1 is 0.880 bits per heavy atom. The summed E-state index contributed by atoms with van der Waals surface area (Å²) < 4.78 is 0. The molecule has 1 heterocycles. The molecule has 0 aliphatic heterocycles. The Balaban J connectivity index is 1.53. The zero-order valence-electron chi connectivity index (χ0n) is 13.3. The number of carbonyl (C=O) groups excluding carboxylic acids is 1. The number of carbonyl (C=O) groups is 1. The van der Waals surface area contributed by atoms with Gasteiger partial charge >= 0.3 is 0 Å². The van der Waals surface area contributed by atoms with Crippen molar-refractivity contribution in [3.8, 4) is 11.3 Å². The van der Waals surface area contributed by atoms with Gasteiger partial charge in [0.25, 0.3) is 5.91 Å². The van der Waals surface area contributed by atoms with Crippen molar-refractivity contribution in [3.63, 3.8) is 0 Å². The van der Waals surface area contributed by atoms with Gasteiger partial charge in [-0.3, -0.25) is 15.6 Å². The molecule has 5 heteroatoms. The number of amides is 1. The molecule has 1 amide bonds. The molecule has 0 atom stereocenters. The number of anilines is 1. The van der Waals surface area contributed by atoms with Crippen LogP contribution < -0.4 is 10.9 Å². The van der Waals surface area contributed by atoms with Crippen LogP contribution in [0.25, 0.3) is 22.0 Å². The lowest BCUT2D eigenvalue weighted by atomic mass is 10.0. The van der Waals surface area contributed by atoms with Crippen LogP contribution in [0.4, 0.5) is 5.13 Å². The molecule has 0 radical (unpaired) electrons. The molecule has 0 saturated carbocycles. The molecule has 0 aliphatic rings. The molecule has 0 bridgehead atoms. The van der Waals surface area contributed by atoms with E-state index in [4.69, 9.17) is 0 Å². The molecule has 0 saturated heterocycles. The molecule has 4 rings (SSSR count). The minimum absolute atomic E-state index is 0.192. The van der Waals surface area contributed by atoms with Gasteiger partial charge in [0, 0.05) is 16.5 Å². The number of hydrazine groups is 1. The summed E-state index contributed by atoms with van der Waals surface area (Å²) in [4.78, 5) is 16.7. The first-order valence-electron chi connectivity index (χ1n) is 7.86. The lowest BCUT2D eigenvalue weighted by molar-refractivity contribution is 0.0962. The molecule has 0 aliphatic carbocycles. The van der Waals surface area contributed by atoms with E-state index in [1.807, 2.05) is 41.8 Å². The Morgan fingerprint density at radius 2 is 1.64 bits per heavy atom. The molecule has 0 unspecified atom stereocenters. The van der Waals surface area contributed by atoms with E-state index >= 15 is 0 Å². The maximum Gasteiger partial charge on any atom is 0.269 e. The molecule has 2 N–H and O–H groups in total.